The first-order chi connectivity index (χ1) is 13.5. The third kappa shape index (κ3) is 5.42. The lowest BCUT2D eigenvalue weighted by molar-refractivity contribution is -0.124. The van der Waals surface area contributed by atoms with E-state index in [1.807, 2.05) is 36.4 Å². The third-order valence-electron chi connectivity index (χ3n) is 4.40. The molecule has 0 aliphatic heterocycles. The summed E-state index contributed by atoms with van der Waals surface area (Å²) in [5, 5.41) is 0. The first-order valence-electron chi connectivity index (χ1n) is 8.88. The normalized spacial score (nSPS) is 10.6. The Labute approximate surface area is 166 Å². The van der Waals surface area contributed by atoms with Crippen molar-refractivity contribution in [2.45, 2.75) is 6.42 Å². The quantitative estimate of drug-likeness (QED) is 0.619. The molecule has 0 saturated carbocycles. The topological polar surface area (TPSA) is 57.2 Å². The fourth-order valence-corrected chi connectivity index (χ4v) is 2.70. The van der Waals surface area contributed by atoms with Gasteiger partial charge >= 0.3 is 0 Å². The SMILES string of the molecule is COc1ccc(OC)c(/C=C/C(=O)N(C)CCc2ccc(OC)c(OC)c2)c1. The molecule has 2 rings (SSSR count). The Morgan fingerprint density at radius 3 is 2.21 bits per heavy atom. The van der Waals surface area contributed by atoms with Crippen molar-refractivity contribution in [2.75, 3.05) is 42.0 Å². The van der Waals surface area contributed by atoms with Gasteiger partial charge in [-0.05, 0) is 48.4 Å². The second-order valence-electron chi connectivity index (χ2n) is 6.14. The van der Waals surface area contributed by atoms with Crippen molar-refractivity contribution < 1.29 is 23.7 Å². The van der Waals surface area contributed by atoms with E-state index in [1.165, 1.54) is 6.08 Å². The van der Waals surface area contributed by atoms with Gasteiger partial charge in [-0.25, -0.2) is 0 Å². The van der Waals surface area contributed by atoms with Crippen LogP contribution in [0.2, 0.25) is 0 Å². The molecule has 6 nitrogen and oxygen atoms in total. The second kappa shape index (κ2) is 10.3. The van der Waals surface area contributed by atoms with Gasteiger partial charge in [0, 0.05) is 25.2 Å². The van der Waals surface area contributed by atoms with E-state index in [9.17, 15) is 4.79 Å². The van der Waals surface area contributed by atoms with Crippen LogP contribution < -0.4 is 18.9 Å². The van der Waals surface area contributed by atoms with Crippen molar-refractivity contribution >= 4 is 12.0 Å². The zero-order chi connectivity index (χ0) is 20.5. The van der Waals surface area contributed by atoms with Gasteiger partial charge in [-0.1, -0.05) is 6.07 Å². The number of benzene rings is 2. The number of nitrogens with zero attached hydrogens (tertiary/aromatic N) is 1. The van der Waals surface area contributed by atoms with E-state index in [4.69, 9.17) is 18.9 Å². The molecule has 0 spiro atoms. The predicted molar refractivity (Wildman–Crippen MR) is 109 cm³/mol. The van der Waals surface area contributed by atoms with E-state index in [2.05, 4.69) is 0 Å². The maximum atomic E-state index is 12.4. The zero-order valence-electron chi connectivity index (χ0n) is 17.0. The Balaban J connectivity index is 2.00. The van der Waals surface area contributed by atoms with E-state index in [-0.39, 0.29) is 5.91 Å². The number of ether oxygens (including phenoxy) is 4. The number of likely N-dealkylation sites (N-methyl/N-ethyl adjacent to an activating group) is 1. The molecule has 150 valence electrons. The average Bonchev–Trinajstić information content (AvgIpc) is 2.74. The molecule has 1 amide bonds. The second-order valence-corrected chi connectivity index (χ2v) is 6.14. The summed E-state index contributed by atoms with van der Waals surface area (Å²) >= 11 is 0. The van der Waals surface area contributed by atoms with Crippen LogP contribution in [0.1, 0.15) is 11.1 Å². The minimum atomic E-state index is -0.0923. The summed E-state index contributed by atoms with van der Waals surface area (Å²) in [6.07, 6.45) is 3.97. The number of amides is 1. The van der Waals surface area contributed by atoms with E-state index in [0.29, 0.717) is 36.0 Å². The van der Waals surface area contributed by atoms with Gasteiger partial charge in [0.05, 0.1) is 28.4 Å². The highest BCUT2D eigenvalue weighted by molar-refractivity contribution is 5.92. The van der Waals surface area contributed by atoms with E-state index in [1.54, 1.807) is 46.5 Å². The van der Waals surface area contributed by atoms with Gasteiger partial charge in [-0.15, -0.1) is 0 Å². The number of carbonyl (C=O) groups is 1. The smallest absolute Gasteiger partial charge is 0.246 e. The van der Waals surface area contributed by atoms with Gasteiger partial charge in [0.15, 0.2) is 11.5 Å². The number of carbonyl (C=O) groups excluding carboxylic acids is 1. The molecule has 0 radical (unpaired) electrons. The van der Waals surface area contributed by atoms with Gasteiger partial charge in [0.2, 0.25) is 5.91 Å². The summed E-state index contributed by atoms with van der Waals surface area (Å²) in [6.45, 7) is 0.577. The Bertz CT molecular complexity index is 832. The molecule has 2 aromatic rings. The molecule has 0 fully saturated rings. The largest absolute Gasteiger partial charge is 0.497 e. The summed E-state index contributed by atoms with van der Waals surface area (Å²) in [5.74, 6) is 2.66. The van der Waals surface area contributed by atoms with Crippen LogP contribution in [-0.2, 0) is 11.2 Å². The van der Waals surface area contributed by atoms with Crippen molar-refractivity contribution in [3.8, 4) is 23.0 Å². The van der Waals surface area contributed by atoms with Crippen LogP contribution >= 0.6 is 0 Å². The third-order valence-corrected chi connectivity index (χ3v) is 4.40. The van der Waals surface area contributed by atoms with Crippen LogP contribution in [-0.4, -0.2) is 52.8 Å². The number of methoxy groups -OCH3 is 4. The Morgan fingerprint density at radius 2 is 1.57 bits per heavy atom. The van der Waals surface area contributed by atoms with Crippen LogP contribution in [0.5, 0.6) is 23.0 Å². The fourth-order valence-electron chi connectivity index (χ4n) is 2.70. The van der Waals surface area contributed by atoms with Crippen molar-refractivity contribution in [1.82, 2.24) is 4.90 Å². The Morgan fingerprint density at radius 1 is 0.893 bits per heavy atom. The fraction of sp³-hybridized carbons (Fsp3) is 0.318. The number of hydrogen-bond donors (Lipinski definition) is 0. The molecule has 0 N–H and O–H groups in total. The Hall–Kier alpha value is -3.15. The molecule has 0 aromatic heterocycles. The van der Waals surface area contributed by atoms with Gasteiger partial charge in [0.1, 0.15) is 11.5 Å². The van der Waals surface area contributed by atoms with Crippen LogP contribution in [0, 0.1) is 0 Å². The molecule has 0 bridgehead atoms. The maximum absolute atomic E-state index is 12.4. The predicted octanol–water partition coefficient (Wildman–Crippen LogP) is 3.44. The Kier molecular flexibility index (Phi) is 7.75. The molecule has 28 heavy (non-hydrogen) atoms. The maximum Gasteiger partial charge on any atom is 0.246 e. The van der Waals surface area contributed by atoms with Crippen molar-refractivity contribution in [2.24, 2.45) is 0 Å². The molecule has 0 unspecified atom stereocenters. The van der Waals surface area contributed by atoms with Gasteiger partial charge < -0.3 is 23.8 Å². The number of hydrogen-bond acceptors (Lipinski definition) is 5. The lowest BCUT2D eigenvalue weighted by Crippen LogP contribution is -2.27. The first-order valence-corrected chi connectivity index (χ1v) is 8.88. The van der Waals surface area contributed by atoms with Crippen LogP contribution in [0.25, 0.3) is 6.08 Å². The molecule has 0 atom stereocenters. The van der Waals surface area contributed by atoms with E-state index < -0.39 is 0 Å². The van der Waals surface area contributed by atoms with Crippen molar-refractivity contribution in [1.29, 1.82) is 0 Å². The summed E-state index contributed by atoms with van der Waals surface area (Å²) in [6, 6.07) is 11.2. The summed E-state index contributed by atoms with van der Waals surface area (Å²) < 4.78 is 21.1. The van der Waals surface area contributed by atoms with Gasteiger partial charge in [-0.3, -0.25) is 4.79 Å². The highest BCUT2D eigenvalue weighted by atomic mass is 16.5. The standard InChI is InChI=1S/C22H27NO5/c1-23(13-12-16-6-9-20(27-4)21(14-16)28-5)22(24)11-7-17-15-18(25-2)8-10-19(17)26-3/h6-11,14-15H,12-13H2,1-5H3/b11-7+. The van der Waals surface area contributed by atoms with Crippen molar-refractivity contribution in [3.05, 3.63) is 53.6 Å². The van der Waals surface area contributed by atoms with Crippen LogP contribution in [0.4, 0.5) is 0 Å². The molecular formula is C22H27NO5. The summed E-state index contributed by atoms with van der Waals surface area (Å²) in [4.78, 5) is 14.1. The average molecular weight is 385 g/mol. The van der Waals surface area contributed by atoms with Crippen LogP contribution in [0.3, 0.4) is 0 Å². The minimum absolute atomic E-state index is 0.0923. The molecule has 6 heteroatoms. The van der Waals surface area contributed by atoms with E-state index in [0.717, 1.165) is 11.1 Å². The summed E-state index contributed by atoms with van der Waals surface area (Å²) in [7, 11) is 8.18. The van der Waals surface area contributed by atoms with E-state index >= 15 is 0 Å². The van der Waals surface area contributed by atoms with Crippen LogP contribution in [0.15, 0.2) is 42.5 Å². The first kappa shape index (κ1) is 21.2. The lowest BCUT2D eigenvalue weighted by atomic mass is 10.1. The number of rotatable bonds is 9. The monoisotopic (exact) mass is 385 g/mol. The molecule has 2 aromatic carbocycles. The molecular weight excluding hydrogens is 358 g/mol. The lowest BCUT2D eigenvalue weighted by Gasteiger charge is -2.16. The molecule has 0 aliphatic rings. The minimum Gasteiger partial charge on any atom is -0.497 e. The zero-order valence-corrected chi connectivity index (χ0v) is 17.0. The summed E-state index contributed by atoms with van der Waals surface area (Å²) in [5.41, 5.74) is 1.85. The van der Waals surface area contributed by atoms with Gasteiger partial charge in [-0.2, -0.15) is 0 Å². The van der Waals surface area contributed by atoms with Crippen molar-refractivity contribution in [3.63, 3.8) is 0 Å². The highest BCUT2D eigenvalue weighted by Crippen LogP contribution is 2.28. The molecule has 0 heterocycles. The molecule has 0 saturated heterocycles. The highest BCUT2D eigenvalue weighted by Gasteiger charge is 2.09. The molecule has 0 aliphatic carbocycles. The van der Waals surface area contributed by atoms with Gasteiger partial charge in [0.25, 0.3) is 0 Å².